The van der Waals surface area contributed by atoms with E-state index in [1.54, 1.807) is 7.11 Å². The topological polar surface area (TPSA) is 34.5 Å². The van der Waals surface area contributed by atoms with Crippen molar-refractivity contribution in [1.82, 2.24) is 4.57 Å². The zero-order chi connectivity index (χ0) is 19.3. The molecule has 0 N–H and O–H groups in total. The summed E-state index contributed by atoms with van der Waals surface area (Å²) >= 11 is 0. The van der Waals surface area contributed by atoms with Crippen LogP contribution in [0.4, 0.5) is 5.69 Å². The maximum absolute atomic E-state index is 13.6. The summed E-state index contributed by atoms with van der Waals surface area (Å²) in [5, 5.41) is 1.12. The van der Waals surface area contributed by atoms with Gasteiger partial charge in [0.25, 0.3) is 5.91 Å². The van der Waals surface area contributed by atoms with E-state index in [1.807, 2.05) is 71.1 Å². The van der Waals surface area contributed by atoms with Gasteiger partial charge in [-0.1, -0.05) is 48.5 Å². The normalized spacial score (nSPS) is 15.9. The van der Waals surface area contributed by atoms with Crippen LogP contribution in [0, 0.1) is 0 Å². The SMILES string of the molecule is COc1ccc(N2C(=O)c3c(c4ccccc4n3C)C2c2ccccc2)cc1. The smallest absolute Gasteiger partial charge is 0.276 e. The summed E-state index contributed by atoms with van der Waals surface area (Å²) in [6, 6.07) is 26.0. The molecule has 4 heteroatoms. The van der Waals surface area contributed by atoms with Crippen LogP contribution in [0.3, 0.4) is 0 Å². The third-order valence-electron chi connectivity index (χ3n) is 5.57. The molecule has 0 saturated carbocycles. The predicted octanol–water partition coefficient (Wildman–Crippen LogP) is 4.94. The van der Waals surface area contributed by atoms with Crippen LogP contribution in [0.25, 0.3) is 10.9 Å². The first-order chi connectivity index (χ1) is 13.7. The van der Waals surface area contributed by atoms with E-state index in [2.05, 4.69) is 24.3 Å². The van der Waals surface area contributed by atoms with Crippen molar-refractivity contribution < 1.29 is 9.53 Å². The Bertz CT molecular complexity index is 1180. The molecule has 28 heavy (non-hydrogen) atoms. The lowest BCUT2D eigenvalue weighted by molar-refractivity contribution is 0.0986. The van der Waals surface area contributed by atoms with E-state index in [4.69, 9.17) is 4.74 Å². The summed E-state index contributed by atoms with van der Waals surface area (Å²) in [5.74, 6) is 0.794. The van der Waals surface area contributed by atoms with Gasteiger partial charge in [-0.2, -0.15) is 0 Å². The van der Waals surface area contributed by atoms with Gasteiger partial charge >= 0.3 is 0 Å². The Morgan fingerprint density at radius 3 is 2.25 bits per heavy atom. The molecule has 1 aliphatic heterocycles. The lowest BCUT2D eigenvalue weighted by Crippen LogP contribution is -2.29. The van der Waals surface area contributed by atoms with E-state index in [0.29, 0.717) is 0 Å². The van der Waals surface area contributed by atoms with Gasteiger partial charge in [0, 0.05) is 29.2 Å². The molecule has 4 aromatic rings. The fourth-order valence-corrected chi connectivity index (χ4v) is 4.28. The fraction of sp³-hybridized carbons (Fsp3) is 0.125. The summed E-state index contributed by atoms with van der Waals surface area (Å²) in [7, 11) is 3.61. The zero-order valence-electron chi connectivity index (χ0n) is 15.8. The first-order valence-electron chi connectivity index (χ1n) is 9.30. The number of hydrogen-bond acceptors (Lipinski definition) is 2. The van der Waals surface area contributed by atoms with Crippen molar-refractivity contribution in [2.24, 2.45) is 7.05 Å². The van der Waals surface area contributed by atoms with Crippen LogP contribution in [0.15, 0.2) is 78.9 Å². The average Bonchev–Trinajstić information content (AvgIpc) is 3.22. The van der Waals surface area contributed by atoms with Crippen LogP contribution in [-0.4, -0.2) is 17.6 Å². The number of fused-ring (bicyclic) bond motifs is 3. The molecular weight excluding hydrogens is 348 g/mol. The Balaban J connectivity index is 1.77. The third-order valence-corrected chi connectivity index (χ3v) is 5.57. The van der Waals surface area contributed by atoms with E-state index < -0.39 is 0 Å². The van der Waals surface area contributed by atoms with E-state index >= 15 is 0 Å². The van der Waals surface area contributed by atoms with Crippen molar-refractivity contribution in [3.8, 4) is 5.75 Å². The second-order valence-corrected chi connectivity index (χ2v) is 7.02. The van der Waals surface area contributed by atoms with Crippen molar-refractivity contribution in [1.29, 1.82) is 0 Å². The molecule has 0 bridgehead atoms. The molecule has 1 aliphatic rings. The molecule has 1 aromatic heterocycles. The molecule has 0 aliphatic carbocycles. The number of rotatable bonds is 3. The lowest BCUT2D eigenvalue weighted by Gasteiger charge is -2.26. The first-order valence-corrected chi connectivity index (χ1v) is 9.30. The van der Waals surface area contributed by atoms with Gasteiger partial charge in [-0.15, -0.1) is 0 Å². The van der Waals surface area contributed by atoms with E-state index in [-0.39, 0.29) is 11.9 Å². The average molecular weight is 368 g/mol. The largest absolute Gasteiger partial charge is 0.497 e. The monoisotopic (exact) mass is 368 g/mol. The Morgan fingerprint density at radius 2 is 1.54 bits per heavy atom. The molecule has 1 atom stereocenters. The van der Waals surface area contributed by atoms with Crippen molar-refractivity contribution in [3.63, 3.8) is 0 Å². The van der Waals surface area contributed by atoms with Crippen molar-refractivity contribution in [3.05, 3.63) is 95.7 Å². The number of benzene rings is 3. The van der Waals surface area contributed by atoms with Crippen molar-refractivity contribution in [2.45, 2.75) is 6.04 Å². The Morgan fingerprint density at radius 1 is 0.857 bits per heavy atom. The van der Waals surface area contributed by atoms with Gasteiger partial charge in [-0.05, 0) is 35.9 Å². The first kappa shape index (κ1) is 16.6. The predicted molar refractivity (Wildman–Crippen MR) is 111 cm³/mol. The van der Waals surface area contributed by atoms with E-state index in [0.717, 1.165) is 39.2 Å². The zero-order valence-corrected chi connectivity index (χ0v) is 15.8. The van der Waals surface area contributed by atoms with Gasteiger partial charge in [0.15, 0.2) is 0 Å². The van der Waals surface area contributed by atoms with E-state index in [1.165, 1.54) is 0 Å². The molecule has 5 rings (SSSR count). The summed E-state index contributed by atoms with van der Waals surface area (Å²) in [5.41, 5.74) is 4.87. The number of carbonyl (C=O) groups excluding carboxylic acids is 1. The molecule has 0 saturated heterocycles. The molecule has 0 radical (unpaired) electrons. The Labute approximate surface area is 163 Å². The highest BCUT2D eigenvalue weighted by molar-refractivity contribution is 6.15. The van der Waals surface area contributed by atoms with Gasteiger partial charge in [0.05, 0.1) is 13.2 Å². The number of para-hydroxylation sites is 1. The highest BCUT2D eigenvalue weighted by Crippen LogP contribution is 2.46. The number of aryl methyl sites for hydroxylation is 1. The second kappa shape index (κ2) is 6.27. The molecule has 0 fully saturated rings. The van der Waals surface area contributed by atoms with Crippen LogP contribution in [-0.2, 0) is 7.05 Å². The Kier molecular flexibility index (Phi) is 3.72. The number of hydrogen-bond donors (Lipinski definition) is 0. The lowest BCUT2D eigenvalue weighted by atomic mass is 9.97. The van der Waals surface area contributed by atoms with Crippen LogP contribution in [0.5, 0.6) is 5.75 Å². The number of methoxy groups -OCH3 is 1. The molecule has 1 amide bonds. The molecular formula is C24H20N2O2. The number of aromatic nitrogens is 1. The maximum Gasteiger partial charge on any atom is 0.276 e. The van der Waals surface area contributed by atoms with Crippen LogP contribution in [0.1, 0.15) is 27.7 Å². The molecule has 0 spiro atoms. The van der Waals surface area contributed by atoms with Gasteiger partial charge < -0.3 is 9.30 Å². The molecule has 3 aromatic carbocycles. The minimum atomic E-state index is -0.164. The van der Waals surface area contributed by atoms with Gasteiger partial charge in [-0.25, -0.2) is 0 Å². The highest BCUT2D eigenvalue weighted by atomic mass is 16.5. The Hall–Kier alpha value is -3.53. The van der Waals surface area contributed by atoms with Crippen LogP contribution in [0.2, 0.25) is 0 Å². The van der Waals surface area contributed by atoms with Crippen molar-refractivity contribution >= 4 is 22.5 Å². The minimum Gasteiger partial charge on any atom is -0.497 e. The molecule has 1 unspecified atom stereocenters. The number of nitrogens with zero attached hydrogens (tertiary/aromatic N) is 2. The number of amides is 1. The summed E-state index contributed by atoms with van der Waals surface area (Å²) in [6.45, 7) is 0. The molecule has 4 nitrogen and oxygen atoms in total. The summed E-state index contributed by atoms with van der Waals surface area (Å²) in [4.78, 5) is 15.5. The number of ether oxygens (including phenoxy) is 1. The second-order valence-electron chi connectivity index (χ2n) is 7.02. The van der Waals surface area contributed by atoms with E-state index in [9.17, 15) is 4.79 Å². The van der Waals surface area contributed by atoms with Crippen LogP contribution >= 0.6 is 0 Å². The summed E-state index contributed by atoms with van der Waals surface area (Å²) < 4.78 is 7.31. The standard InChI is InChI=1S/C24H20N2O2/c1-25-20-11-7-6-10-19(20)21-22(16-8-4-3-5-9-16)26(24(27)23(21)25)17-12-14-18(28-2)15-13-17/h3-15,22H,1-2H3. The summed E-state index contributed by atoms with van der Waals surface area (Å²) in [6.07, 6.45) is 0. The maximum atomic E-state index is 13.6. The number of carbonyl (C=O) groups is 1. The fourth-order valence-electron chi connectivity index (χ4n) is 4.28. The van der Waals surface area contributed by atoms with Crippen LogP contribution < -0.4 is 9.64 Å². The minimum absolute atomic E-state index is 0.0210. The van der Waals surface area contributed by atoms with Gasteiger partial charge in [0.2, 0.25) is 0 Å². The highest BCUT2D eigenvalue weighted by Gasteiger charge is 2.42. The third kappa shape index (κ3) is 2.28. The quantitative estimate of drug-likeness (QED) is 0.513. The van der Waals surface area contributed by atoms with Gasteiger partial charge in [0.1, 0.15) is 11.4 Å². The van der Waals surface area contributed by atoms with Crippen molar-refractivity contribution in [2.75, 3.05) is 12.0 Å². The molecule has 138 valence electrons. The van der Waals surface area contributed by atoms with Gasteiger partial charge in [-0.3, -0.25) is 9.69 Å². The molecule has 2 heterocycles. The number of anilines is 1.